The fourth-order valence-corrected chi connectivity index (χ4v) is 3.40. The van der Waals surface area contributed by atoms with Gasteiger partial charge in [0.25, 0.3) is 0 Å². The average molecular weight is 280 g/mol. The van der Waals surface area contributed by atoms with Crippen molar-refractivity contribution >= 4 is 20.5 Å². The molecule has 19 heavy (non-hydrogen) atoms. The Labute approximate surface area is 114 Å². The molecule has 0 aromatic heterocycles. The van der Waals surface area contributed by atoms with Gasteiger partial charge in [-0.15, -0.1) is 0 Å². The van der Waals surface area contributed by atoms with E-state index in [9.17, 15) is 9.59 Å². The first-order valence-corrected chi connectivity index (χ1v) is 9.88. The Morgan fingerprint density at radius 1 is 1.26 bits per heavy atom. The molecule has 1 aromatic rings. The third-order valence-electron chi connectivity index (χ3n) is 2.79. The van der Waals surface area contributed by atoms with Crippen molar-refractivity contribution in [3.63, 3.8) is 0 Å². The van der Waals surface area contributed by atoms with Crippen molar-refractivity contribution in [2.24, 2.45) is 0 Å². The van der Waals surface area contributed by atoms with Crippen LogP contribution in [0, 0.1) is 0 Å². The first-order chi connectivity index (χ1) is 8.86. The molecule has 104 valence electrons. The molecule has 0 saturated carbocycles. The molecule has 0 amide bonds. The Hall–Kier alpha value is -1.62. The average Bonchev–Trinajstić information content (AvgIpc) is 2.35. The van der Waals surface area contributed by atoms with Crippen LogP contribution >= 0.6 is 0 Å². The van der Waals surface area contributed by atoms with Crippen LogP contribution in [0.25, 0.3) is 0 Å². The second-order valence-electron chi connectivity index (χ2n) is 5.42. The van der Waals surface area contributed by atoms with Gasteiger partial charge in [0.15, 0.2) is 0 Å². The molecule has 0 aliphatic heterocycles. The Morgan fingerprint density at radius 2 is 1.84 bits per heavy atom. The fourth-order valence-electron chi connectivity index (χ4n) is 1.72. The molecule has 0 aliphatic rings. The largest absolute Gasteiger partial charge is 0.513 e. The molecule has 5 heteroatoms. The number of benzene rings is 1. The molecule has 1 unspecified atom stereocenters. The van der Waals surface area contributed by atoms with E-state index in [1.54, 1.807) is 24.3 Å². The highest BCUT2D eigenvalue weighted by Crippen LogP contribution is 2.17. The number of hydrogen-bond acceptors (Lipinski definition) is 4. The maximum Gasteiger partial charge on any atom is 0.513 e. The minimum absolute atomic E-state index is 0.0609. The zero-order valence-electron chi connectivity index (χ0n) is 11.8. The van der Waals surface area contributed by atoms with Crippen LogP contribution in [0.4, 0.5) is 4.79 Å². The quantitative estimate of drug-likeness (QED) is 0.357. The van der Waals surface area contributed by atoms with E-state index in [2.05, 4.69) is 19.6 Å². The maximum atomic E-state index is 11.7. The molecule has 0 spiro atoms. The second kappa shape index (κ2) is 6.52. The van der Waals surface area contributed by atoms with Crippen LogP contribution in [0.2, 0.25) is 19.6 Å². The molecule has 4 nitrogen and oxygen atoms in total. The molecular weight excluding hydrogens is 260 g/mol. The summed E-state index contributed by atoms with van der Waals surface area (Å²) < 4.78 is 10.4. The van der Waals surface area contributed by atoms with Crippen molar-refractivity contribution in [3.05, 3.63) is 29.8 Å². The minimum atomic E-state index is -1.55. The van der Waals surface area contributed by atoms with Crippen LogP contribution < -0.4 is 4.74 Å². The molecule has 1 atom stereocenters. The van der Waals surface area contributed by atoms with E-state index >= 15 is 0 Å². The summed E-state index contributed by atoms with van der Waals surface area (Å²) in [6, 6.07) is 6.32. The molecule has 0 heterocycles. The Kier molecular flexibility index (Phi) is 5.29. The van der Waals surface area contributed by atoms with Gasteiger partial charge in [-0.25, -0.2) is 4.79 Å². The summed E-state index contributed by atoms with van der Waals surface area (Å²) in [6.45, 7) is 8.43. The first kappa shape index (κ1) is 15.4. The molecule has 0 N–H and O–H groups in total. The van der Waals surface area contributed by atoms with E-state index in [0.29, 0.717) is 11.3 Å². The molecule has 0 radical (unpaired) electrons. The van der Waals surface area contributed by atoms with Crippen molar-refractivity contribution in [2.75, 3.05) is 0 Å². The third kappa shape index (κ3) is 4.87. The Bertz CT molecular complexity index is 434. The molecule has 0 aliphatic carbocycles. The highest BCUT2D eigenvalue weighted by molar-refractivity contribution is 6.77. The molecule has 1 rings (SSSR count). The van der Waals surface area contributed by atoms with Crippen molar-refractivity contribution in [2.45, 2.75) is 38.7 Å². The topological polar surface area (TPSA) is 52.6 Å². The Morgan fingerprint density at radius 3 is 2.26 bits per heavy atom. The van der Waals surface area contributed by atoms with Crippen LogP contribution in [-0.4, -0.2) is 26.2 Å². The standard InChI is InChI=1S/C14H20O4Si/c1-5-13(19(2,3)4)18-14(16)17-12-8-6-11(10-15)7-9-12/h6-10,13H,5H2,1-4H3. The van der Waals surface area contributed by atoms with Crippen molar-refractivity contribution in [1.82, 2.24) is 0 Å². The highest BCUT2D eigenvalue weighted by atomic mass is 28.3. The summed E-state index contributed by atoms with van der Waals surface area (Å²) >= 11 is 0. The van der Waals surface area contributed by atoms with Crippen molar-refractivity contribution in [3.8, 4) is 5.75 Å². The lowest BCUT2D eigenvalue weighted by atomic mass is 10.2. The van der Waals surface area contributed by atoms with Crippen molar-refractivity contribution < 1.29 is 19.1 Å². The number of ether oxygens (including phenoxy) is 2. The lowest BCUT2D eigenvalue weighted by Gasteiger charge is -2.26. The highest BCUT2D eigenvalue weighted by Gasteiger charge is 2.29. The van der Waals surface area contributed by atoms with Crippen LogP contribution in [0.3, 0.4) is 0 Å². The van der Waals surface area contributed by atoms with Crippen molar-refractivity contribution in [1.29, 1.82) is 0 Å². The number of hydrogen-bond donors (Lipinski definition) is 0. The van der Waals surface area contributed by atoms with E-state index in [-0.39, 0.29) is 5.73 Å². The molecular formula is C14H20O4Si. The minimum Gasteiger partial charge on any atom is -0.435 e. The van der Waals surface area contributed by atoms with Gasteiger partial charge in [0.2, 0.25) is 0 Å². The summed E-state index contributed by atoms with van der Waals surface area (Å²) in [4.78, 5) is 22.2. The van der Waals surface area contributed by atoms with Gasteiger partial charge < -0.3 is 9.47 Å². The lowest BCUT2D eigenvalue weighted by Crippen LogP contribution is -2.41. The van der Waals surface area contributed by atoms with E-state index in [1.807, 2.05) is 6.92 Å². The zero-order chi connectivity index (χ0) is 14.5. The SMILES string of the molecule is CCC(OC(=O)Oc1ccc(C=O)cc1)[Si](C)(C)C. The summed E-state index contributed by atoms with van der Waals surface area (Å²) in [5, 5.41) is 0. The van der Waals surface area contributed by atoms with Gasteiger partial charge in [-0.1, -0.05) is 26.6 Å². The predicted molar refractivity (Wildman–Crippen MR) is 76.4 cm³/mol. The van der Waals surface area contributed by atoms with Crippen LogP contribution in [-0.2, 0) is 4.74 Å². The number of rotatable bonds is 5. The first-order valence-electron chi connectivity index (χ1n) is 6.30. The normalized spacial score (nSPS) is 12.6. The van der Waals surface area contributed by atoms with Gasteiger partial charge >= 0.3 is 6.16 Å². The third-order valence-corrected chi connectivity index (χ3v) is 5.25. The number of carbonyl (C=O) groups is 2. The van der Waals surface area contributed by atoms with Gasteiger partial charge in [-0.05, 0) is 30.7 Å². The fraction of sp³-hybridized carbons (Fsp3) is 0.429. The van der Waals surface area contributed by atoms with Crippen LogP contribution in [0.5, 0.6) is 5.75 Å². The predicted octanol–water partition coefficient (Wildman–Crippen LogP) is 3.67. The molecule has 0 bridgehead atoms. The van der Waals surface area contributed by atoms with Crippen LogP contribution in [0.1, 0.15) is 23.7 Å². The van der Waals surface area contributed by atoms with E-state index in [0.717, 1.165) is 12.7 Å². The molecule has 0 saturated heterocycles. The smallest absolute Gasteiger partial charge is 0.435 e. The molecule has 0 fully saturated rings. The van der Waals surface area contributed by atoms with E-state index in [1.165, 1.54) is 0 Å². The second-order valence-corrected chi connectivity index (χ2v) is 10.8. The van der Waals surface area contributed by atoms with Gasteiger partial charge in [0.05, 0.1) is 13.8 Å². The monoisotopic (exact) mass is 280 g/mol. The van der Waals surface area contributed by atoms with Gasteiger partial charge in [0.1, 0.15) is 12.0 Å². The summed E-state index contributed by atoms with van der Waals surface area (Å²) in [5.41, 5.74) is 0.475. The lowest BCUT2D eigenvalue weighted by molar-refractivity contribution is 0.0821. The summed E-state index contributed by atoms with van der Waals surface area (Å²) in [6.07, 6.45) is 0.836. The zero-order valence-corrected chi connectivity index (χ0v) is 12.8. The maximum absolute atomic E-state index is 11.7. The Balaban J connectivity index is 2.61. The summed E-state index contributed by atoms with van der Waals surface area (Å²) in [5.74, 6) is 0.376. The van der Waals surface area contributed by atoms with Gasteiger partial charge in [-0.2, -0.15) is 0 Å². The number of aldehydes is 1. The van der Waals surface area contributed by atoms with E-state index in [4.69, 9.17) is 9.47 Å². The van der Waals surface area contributed by atoms with Gasteiger partial charge in [-0.3, -0.25) is 4.79 Å². The van der Waals surface area contributed by atoms with Crippen LogP contribution in [0.15, 0.2) is 24.3 Å². The van der Waals surface area contributed by atoms with Gasteiger partial charge in [0, 0.05) is 5.56 Å². The molecule has 1 aromatic carbocycles. The number of carbonyl (C=O) groups excluding carboxylic acids is 2. The summed E-state index contributed by atoms with van der Waals surface area (Å²) in [7, 11) is -1.55. The van der Waals surface area contributed by atoms with E-state index < -0.39 is 14.2 Å².